The van der Waals surface area contributed by atoms with Crippen LogP contribution in [0.3, 0.4) is 0 Å². The summed E-state index contributed by atoms with van der Waals surface area (Å²) in [6, 6.07) is 12.7. The van der Waals surface area contributed by atoms with Crippen molar-refractivity contribution >= 4 is 28.5 Å². The molecule has 3 rings (SSSR count). The van der Waals surface area contributed by atoms with E-state index >= 15 is 0 Å². The number of esters is 1. The van der Waals surface area contributed by atoms with Gasteiger partial charge in [0.05, 0.1) is 23.7 Å². The Hall–Kier alpha value is -3.41. The van der Waals surface area contributed by atoms with Crippen LogP contribution in [-0.2, 0) is 4.74 Å². The summed E-state index contributed by atoms with van der Waals surface area (Å²) in [5.41, 5.74) is 1.41. The first-order chi connectivity index (χ1) is 12.0. The molecule has 1 aromatic heterocycles. The van der Waals surface area contributed by atoms with E-state index in [-0.39, 0.29) is 22.4 Å². The maximum Gasteiger partial charge on any atom is 0.339 e. The second-order valence-corrected chi connectivity index (χ2v) is 5.47. The first-order valence-electron chi connectivity index (χ1n) is 7.53. The third-order valence-corrected chi connectivity index (χ3v) is 3.69. The highest BCUT2D eigenvalue weighted by Gasteiger charge is 2.17. The molecule has 3 aromatic rings. The molecule has 25 heavy (non-hydrogen) atoms. The van der Waals surface area contributed by atoms with Gasteiger partial charge in [-0.2, -0.15) is 0 Å². The highest BCUT2D eigenvalue weighted by atomic mass is 16.5. The molecule has 0 saturated carbocycles. The quantitative estimate of drug-likeness (QED) is 0.742. The fraction of sp³-hybridized carbons (Fsp3) is 0.105. The zero-order valence-electron chi connectivity index (χ0n) is 13.7. The zero-order chi connectivity index (χ0) is 18.0. The maximum atomic E-state index is 12.4. The molecule has 0 atom stereocenters. The van der Waals surface area contributed by atoms with Crippen molar-refractivity contribution in [2.75, 3.05) is 12.4 Å². The number of methoxy groups -OCH3 is 1. The number of carbonyl (C=O) groups is 2. The van der Waals surface area contributed by atoms with Crippen LogP contribution in [0.2, 0.25) is 0 Å². The van der Waals surface area contributed by atoms with E-state index in [9.17, 15) is 14.4 Å². The summed E-state index contributed by atoms with van der Waals surface area (Å²) >= 11 is 0. The second-order valence-electron chi connectivity index (χ2n) is 5.47. The fourth-order valence-electron chi connectivity index (χ4n) is 2.45. The number of amides is 1. The molecule has 0 unspecified atom stereocenters. The Morgan fingerprint density at radius 1 is 1.08 bits per heavy atom. The van der Waals surface area contributed by atoms with Crippen LogP contribution in [0.25, 0.3) is 11.0 Å². The number of hydrogen-bond acceptors (Lipinski definition) is 5. The van der Waals surface area contributed by atoms with Crippen LogP contribution in [0.5, 0.6) is 0 Å². The van der Waals surface area contributed by atoms with Crippen LogP contribution in [0.15, 0.2) is 57.7 Å². The number of rotatable bonds is 3. The van der Waals surface area contributed by atoms with Crippen molar-refractivity contribution < 1.29 is 18.7 Å². The predicted octanol–water partition coefficient (Wildman–Crippen LogP) is 3.14. The fourth-order valence-corrected chi connectivity index (χ4v) is 2.45. The molecule has 1 heterocycles. The monoisotopic (exact) mass is 337 g/mol. The van der Waals surface area contributed by atoms with Gasteiger partial charge >= 0.3 is 5.97 Å². The molecule has 0 radical (unpaired) electrons. The van der Waals surface area contributed by atoms with Crippen molar-refractivity contribution in [3.05, 3.63) is 75.6 Å². The number of hydrogen-bond donors (Lipinski definition) is 1. The average molecular weight is 337 g/mol. The Bertz CT molecular complexity index is 1040. The van der Waals surface area contributed by atoms with Crippen LogP contribution in [0, 0.1) is 6.92 Å². The van der Waals surface area contributed by atoms with Gasteiger partial charge in [-0.1, -0.05) is 23.8 Å². The molecule has 1 amide bonds. The van der Waals surface area contributed by atoms with Crippen LogP contribution in [0.1, 0.15) is 26.5 Å². The minimum absolute atomic E-state index is 0.138. The number of nitrogens with one attached hydrogen (secondary N) is 1. The molecule has 6 nitrogen and oxygen atoms in total. The first kappa shape index (κ1) is 16.4. The molecular formula is C19H15NO5. The molecule has 0 bridgehead atoms. The van der Waals surface area contributed by atoms with Gasteiger partial charge in [0.25, 0.3) is 5.91 Å². The van der Waals surface area contributed by atoms with Gasteiger partial charge in [0, 0.05) is 6.07 Å². The largest absolute Gasteiger partial charge is 0.465 e. The molecule has 0 fully saturated rings. The van der Waals surface area contributed by atoms with Crippen LogP contribution in [0.4, 0.5) is 5.69 Å². The maximum absolute atomic E-state index is 12.4. The van der Waals surface area contributed by atoms with Crippen molar-refractivity contribution in [1.29, 1.82) is 0 Å². The number of fused-ring (bicyclic) bond motifs is 1. The molecular weight excluding hydrogens is 322 g/mol. The Balaban J connectivity index is 1.98. The summed E-state index contributed by atoms with van der Waals surface area (Å²) in [4.78, 5) is 36.4. The predicted molar refractivity (Wildman–Crippen MR) is 93.0 cm³/mol. The molecule has 126 valence electrons. The number of anilines is 1. The molecule has 6 heteroatoms. The molecule has 0 spiro atoms. The molecule has 0 aliphatic carbocycles. The summed E-state index contributed by atoms with van der Waals surface area (Å²) in [6.45, 7) is 1.86. The lowest BCUT2D eigenvalue weighted by molar-refractivity contribution is 0.0602. The first-order valence-corrected chi connectivity index (χ1v) is 7.53. The van der Waals surface area contributed by atoms with E-state index in [1.165, 1.54) is 13.2 Å². The van der Waals surface area contributed by atoms with Crippen molar-refractivity contribution in [1.82, 2.24) is 0 Å². The number of benzene rings is 2. The van der Waals surface area contributed by atoms with Crippen molar-refractivity contribution in [3.8, 4) is 0 Å². The number of para-hydroxylation sites is 1. The highest BCUT2D eigenvalue weighted by molar-refractivity contribution is 6.07. The van der Waals surface area contributed by atoms with E-state index in [2.05, 4.69) is 10.1 Å². The van der Waals surface area contributed by atoms with E-state index in [1.54, 1.807) is 36.4 Å². The van der Waals surface area contributed by atoms with Gasteiger partial charge in [0.1, 0.15) is 5.58 Å². The average Bonchev–Trinajstić information content (AvgIpc) is 2.62. The van der Waals surface area contributed by atoms with E-state index < -0.39 is 11.9 Å². The topological polar surface area (TPSA) is 85.6 Å². The summed E-state index contributed by atoms with van der Waals surface area (Å²) in [5.74, 6) is -1.34. The minimum Gasteiger partial charge on any atom is -0.465 e. The Labute approximate surface area is 143 Å². The molecule has 0 saturated heterocycles. The van der Waals surface area contributed by atoms with Crippen molar-refractivity contribution in [2.24, 2.45) is 0 Å². The Morgan fingerprint density at radius 2 is 1.84 bits per heavy atom. The van der Waals surface area contributed by atoms with Crippen LogP contribution in [-0.4, -0.2) is 19.0 Å². The van der Waals surface area contributed by atoms with E-state index in [1.807, 2.05) is 6.92 Å². The summed E-state index contributed by atoms with van der Waals surface area (Å²) in [5, 5.41) is 2.98. The summed E-state index contributed by atoms with van der Waals surface area (Å²) in [7, 11) is 1.26. The van der Waals surface area contributed by atoms with Gasteiger partial charge in [-0.15, -0.1) is 0 Å². The minimum atomic E-state index is -0.629. The lowest BCUT2D eigenvalue weighted by Gasteiger charge is -2.09. The van der Waals surface area contributed by atoms with E-state index in [4.69, 9.17) is 4.42 Å². The smallest absolute Gasteiger partial charge is 0.339 e. The van der Waals surface area contributed by atoms with Gasteiger partial charge in [-0.3, -0.25) is 9.59 Å². The Morgan fingerprint density at radius 3 is 2.60 bits per heavy atom. The van der Waals surface area contributed by atoms with Gasteiger partial charge < -0.3 is 14.5 Å². The molecule has 2 aromatic carbocycles. The SMILES string of the molecule is COC(=O)c1ccccc1NC(=O)c1cc(=O)c2cc(C)ccc2o1. The Kier molecular flexibility index (Phi) is 4.35. The highest BCUT2D eigenvalue weighted by Crippen LogP contribution is 2.19. The van der Waals surface area contributed by atoms with E-state index in [0.717, 1.165) is 11.6 Å². The number of carbonyl (C=O) groups excluding carboxylic acids is 2. The summed E-state index contributed by atoms with van der Waals surface area (Å²) in [6.07, 6.45) is 0. The number of aryl methyl sites for hydroxylation is 1. The summed E-state index contributed by atoms with van der Waals surface area (Å²) < 4.78 is 10.2. The van der Waals surface area contributed by atoms with Crippen LogP contribution >= 0.6 is 0 Å². The number of ether oxygens (including phenoxy) is 1. The normalized spacial score (nSPS) is 10.5. The van der Waals surface area contributed by atoms with Crippen LogP contribution < -0.4 is 10.7 Å². The standard InChI is InChI=1S/C19H15NO5/c1-11-7-8-16-13(9-11)15(21)10-17(25-16)18(22)20-14-6-4-3-5-12(14)19(23)24-2/h3-10H,1-2H3,(H,20,22). The second kappa shape index (κ2) is 6.60. The third-order valence-electron chi connectivity index (χ3n) is 3.69. The van der Waals surface area contributed by atoms with Gasteiger partial charge in [0.15, 0.2) is 11.2 Å². The van der Waals surface area contributed by atoms with Gasteiger partial charge in [-0.05, 0) is 31.2 Å². The lowest BCUT2D eigenvalue weighted by atomic mass is 10.1. The van der Waals surface area contributed by atoms with Gasteiger partial charge in [-0.25, -0.2) is 4.79 Å². The molecule has 0 aliphatic heterocycles. The molecule has 0 aliphatic rings. The van der Waals surface area contributed by atoms with Gasteiger partial charge in [0.2, 0.25) is 0 Å². The lowest BCUT2D eigenvalue weighted by Crippen LogP contribution is -2.17. The van der Waals surface area contributed by atoms with Crippen molar-refractivity contribution in [3.63, 3.8) is 0 Å². The third kappa shape index (κ3) is 3.28. The van der Waals surface area contributed by atoms with Crippen molar-refractivity contribution in [2.45, 2.75) is 6.92 Å². The molecule has 1 N–H and O–H groups in total. The zero-order valence-corrected chi connectivity index (χ0v) is 13.7. The van der Waals surface area contributed by atoms with E-state index in [0.29, 0.717) is 11.0 Å².